The Morgan fingerprint density at radius 1 is 1.35 bits per heavy atom. The molecule has 1 aliphatic carbocycles. The van der Waals surface area contributed by atoms with Gasteiger partial charge in [0.2, 0.25) is 10.0 Å². The average Bonchev–Trinajstić information content (AvgIpc) is 2.17. The van der Waals surface area contributed by atoms with Gasteiger partial charge in [0, 0.05) is 12.0 Å². The summed E-state index contributed by atoms with van der Waals surface area (Å²) in [6.45, 7) is 0.565. The van der Waals surface area contributed by atoms with E-state index < -0.39 is 10.0 Å². The summed E-state index contributed by atoms with van der Waals surface area (Å²) in [6, 6.07) is 7.53. The van der Waals surface area contributed by atoms with Crippen LogP contribution in [-0.4, -0.2) is 21.2 Å². The van der Waals surface area contributed by atoms with E-state index in [9.17, 15) is 8.42 Å². The van der Waals surface area contributed by atoms with Crippen LogP contribution in [0.4, 0.5) is 5.69 Å². The molecule has 1 aliphatic rings. The van der Waals surface area contributed by atoms with Crippen molar-refractivity contribution in [2.24, 2.45) is 5.73 Å². The molecule has 94 valence electrons. The quantitative estimate of drug-likeness (QED) is 0.854. The fourth-order valence-electron chi connectivity index (χ4n) is 2.42. The lowest BCUT2D eigenvalue weighted by atomic mass is 9.64. The maximum absolute atomic E-state index is 11.3. The normalized spacial score (nSPS) is 18.5. The van der Waals surface area contributed by atoms with Gasteiger partial charge in [0.25, 0.3) is 0 Å². The molecule has 0 aromatic heterocycles. The van der Waals surface area contributed by atoms with Crippen LogP contribution in [0.1, 0.15) is 24.8 Å². The number of hydrogen-bond acceptors (Lipinski definition) is 3. The Kier molecular flexibility index (Phi) is 3.14. The Hall–Kier alpha value is -1.07. The van der Waals surface area contributed by atoms with Crippen molar-refractivity contribution in [3.63, 3.8) is 0 Å². The SMILES string of the molecule is CS(=O)(=O)Nc1ccccc1C1(CN)CCC1. The van der Waals surface area contributed by atoms with E-state index in [2.05, 4.69) is 4.72 Å². The number of anilines is 1. The molecule has 0 amide bonds. The lowest BCUT2D eigenvalue weighted by Gasteiger charge is -2.42. The average molecular weight is 254 g/mol. The Morgan fingerprint density at radius 2 is 2.00 bits per heavy atom. The largest absolute Gasteiger partial charge is 0.330 e. The van der Waals surface area contributed by atoms with E-state index >= 15 is 0 Å². The van der Waals surface area contributed by atoms with Crippen LogP contribution in [0.5, 0.6) is 0 Å². The zero-order valence-electron chi connectivity index (χ0n) is 9.94. The molecule has 0 saturated heterocycles. The highest BCUT2D eigenvalue weighted by Crippen LogP contribution is 2.45. The van der Waals surface area contributed by atoms with Gasteiger partial charge in [-0.2, -0.15) is 0 Å². The summed E-state index contributed by atoms with van der Waals surface area (Å²) in [5, 5.41) is 0. The molecule has 0 bridgehead atoms. The maximum Gasteiger partial charge on any atom is 0.229 e. The van der Waals surface area contributed by atoms with Crippen molar-refractivity contribution >= 4 is 15.7 Å². The minimum Gasteiger partial charge on any atom is -0.330 e. The summed E-state index contributed by atoms with van der Waals surface area (Å²) >= 11 is 0. The first-order valence-corrected chi connectivity index (χ1v) is 7.63. The van der Waals surface area contributed by atoms with Crippen LogP contribution < -0.4 is 10.5 Å². The van der Waals surface area contributed by atoms with Crippen molar-refractivity contribution in [1.82, 2.24) is 0 Å². The molecule has 0 heterocycles. The second kappa shape index (κ2) is 4.31. The third-order valence-corrected chi connectivity index (χ3v) is 4.09. The van der Waals surface area contributed by atoms with Crippen molar-refractivity contribution in [2.75, 3.05) is 17.5 Å². The molecule has 4 nitrogen and oxygen atoms in total. The van der Waals surface area contributed by atoms with Crippen LogP contribution in [0.3, 0.4) is 0 Å². The molecule has 0 radical (unpaired) electrons. The molecule has 0 spiro atoms. The summed E-state index contributed by atoms with van der Waals surface area (Å²) < 4.78 is 25.2. The molecule has 0 aliphatic heterocycles. The van der Waals surface area contributed by atoms with Crippen molar-refractivity contribution in [2.45, 2.75) is 24.7 Å². The van der Waals surface area contributed by atoms with Crippen LogP contribution in [-0.2, 0) is 15.4 Å². The number of nitrogens with one attached hydrogen (secondary N) is 1. The molecule has 1 aromatic rings. The van der Waals surface area contributed by atoms with E-state index in [1.165, 1.54) is 6.26 Å². The standard InChI is InChI=1S/C12H18N2O2S/c1-17(15,16)14-11-6-3-2-5-10(11)12(9-13)7-4-8-12/h2-3,5-6,14H,4,7-9,13H2,1H3. The Labute approximate surface area is 102 Å². The predicted octanol–water partition coefficient (Wildman–Crippen LogP) is 1.44. The third-order valence-electron chi connectivity index (χ3n) is 3.50. The first-order valence-electron chi connectivity index (χ1n) is 5.74. The fourth-order valence-corrected chi connectivity index (χ4v) is 3.00. The lowest BCUT2D eigenvalue weighted by Crippen LogP contribution is -2.42. The zero-order chi connectivity index (χ0) is 12.5. The molecule has 5 heteroatoms. The van der Waals surface area contributed by atoms with Crippen molar-refractivity contribution in [3.05, 3.63) is 29.8 Å². The Balaban J connectivity index is 2.40. The lowest BCUT2D eigenvalue weighted by molar-refractivity contribution is 0.254. The number of para-hydroxylation sites is 1. The van der Waals surface area contributed by atoms with E-state index in [1.54, 1.807) is 6.07 Å². The number of sulfonamides is 1. The smallest absolute Gasteiger partial charge is 0.229 e. The first-order chi connectivity index (χ1) is 7.97. The minimum absolute atomic E-state index is 0.0334. The highest BCUT2D eigenvalue weighted by Gasteiger charge is 2.39. The molecule has 1 aromatic carbocycles. The van der Waals surface area contributed by atoms with Gasteiger partial charge in [-0.3, -0.25) is 4.72 Å². The summed E-state index contributed by atoms with van der Waals surface area (Å²) in [6.07, 6.45) is 4.39. The molecule has 0 atom stereocenters. The Morgan fingerprint density at radius 3 is 2.47 bits per heavy atom. The molecule has 1 fully saturated rings. The molecule has 2 rings (SSSR count). The zero-order valence-corrected chi connectivity index (χ0v) is 10.8. The van der Waals surface area contributed by atoms with Crippen LogP contribution in [0.25, 0.3) is 0 Å². The topological polar surface area (TPSA) is 72.2 Å². The van der Waals surface area contributed by atoms with Gasteiger partial charge in [0.1, 0.15) is 0 Å². The van der Waals surface area contributed by atoms with E-state index in [1.807, 2.05) is 18.2 Å². The van der Waals surface area contributed by atoms with E-state index in [0.29, 0.717) is 12.2 Å². The second-order valence-electron chi connectivity index (χ2n) is 4.76. The summed E-state index contributed by atoms with van der Waals surface area (Å²) in [7, 11) is -3.24. The van der Waals surface area contributed by atoms with Gasteiger partial charge in [0.05, 0.1) is 11.9 Å². The number of hydrogen-bond donors (Lipinski definition) is 2. The van der Waals surface area contributed by atoms with Crippen LogP contribution in [0.15, 0.2) is 24.3 Å². The summed E-state index contributed by atoms with van der Waals surface area (Å²) in [5.41, 5.74) is 7.52. The molecular weight excluding hydrogens is 236 g/mol. The minimum atomic E-state index is -3.24. The highest BCUT2D eigenvalue weighted by atomic mass is 32.2. The summed E-state index contributed by atoms with van der Waals surface area (Å²) in [4.78, 5) is 0. The van der Waals surface area contributed by atoms with Crippen molar-refractivity contribution in [1.29, 1.82) is 0 Å². The van der Waals surface area contributed by atoms with Gasteiger partial charge >= 0.3 is 0 Å². The van der Waals surface area contributed by atoms with Crippen molar-refractivity contribution < 1.29 is 8.42 Å². The van der Waals surface area contributed by atoms with Crippen LogP contribution >= 0.6 is 0 Å². The van der Waals surface area contributed by atoms with E-state index in [0.717, 1.165) is 24.8 Å². The van der Waals surface area contributed by atoms with Gasteiger partial charge in [-0.1, -0.05) is 24.6 Å². The highest BCUT2D eigenvalue weighted by molar-refractivity contribution is 7.92. The van der Waals surface area contributed by atoms with Gasteiger partial charge in [-0.25, -0.2) is 8.42 Å². The molecule has 17 heavy (non-hydrogen) atoms. The van der Waals surface area contributed by atoms with E-state index in [-0.39, 0.29) is 5.41 Å². The number of rotatable bonds is 4. The van der Waals surface area contributed by atoms with Crippen LogP contribution in [0.2, 0.25) is 0 Å². The molecule has 0 unspecified atom stereocenters. The number of benzene rings is 1. The second-order valence-corrected chi connectivity index (χ2v) is 6.51. The molecular formula is C12H18N2O2S. The van der Waals surface area contributed by atoms with Gasteiger partial charge < -0.3 is 5.73 Å². The van der Waals surface area contributed by atoms with Crippen molar-refractivity contribution in [3.8, 4) is 0 Å². The van der Waals surface area contributed by atoms with Crippen LogP contribution in [0, 0.1) is 0 Å². The maximum atomic E-state index is 11.3. The van der Waals surface area contributed by atoms with E-state index in [4.69, 9.17) is 5.73 Å². The summed E-state index contributed by atoms with van der Waals surface area (Å²) in [5.74, 6) is 0. The molecule has 1 saturated carbocycles. The molecule has 3 N–H and O–H groups in total. The fraction of sp³-hybridized carbons (Fsp3) is 0.500. The number of nitrogens with two attached hydrogens (primary N) is 1. The third kappa shape index (κ3) is 2.45. The van der Waals surface area contributed by atoms with Gasteiger partial charge in [0.15, 0.2) is 0 Å². The predicted molar refractivity (Wildman–Crippen MR) is 69.5 cm³/mol. The Bertz CT molecular complexity index is 501. The first kappa shape index (κ1) is 12.4. The monoisotopic (exact) mass is 254 g/mol. The van der Waals surface area contributed by atoms with Gasteiger partial charge in [-0.05, 0) is 24.5 Å². The van der Waals surface area contributed by atoms with Gasteiger partial charge in [-0.15, -0.1) is 0 Å².